The number of alkyl carbamates (subject to hydrolysis) is 1. The second-order valence-corrected chi connectivity index (χ2v) is 8.75. The van der Waals surface area contributed by atoms with E-state index in [4.69, 9.17) is 18.0 Å². The molecule has 0 rings (SSSR count). The van der Waals surface area contributed by atoms with E-state index in [-0.39, 0.29) is 5.54 Å². The standard InChI is InChI=1S/C12H27NO5Si/c1-10(19(15-5,16-6)17-7)8-9-13-11(14)18-12(2,3)4/h10H,8-9H2,1-7H3,(H,13,14). The molecule has 0 aromatic heterocycles. The molecule has 1 atom stereocenters. The van der Waals surface area contributed by atoms with E-state index in [9.17, 15) is 4.79 Å². The molecule has 0 heterocycles. The highest BCUT2D eigenvalue weighted by atomic mass is 28.4. The molecule has 0 saturated heterocycles. The third kappa shape index (κ3) is 6.37. The number of ether oxygens (including phenoxy) is 1. The topological polar surface area (TPSA) is 66.0 Å². The molecule has 19 heavy (non-hydrogen) atoms. The van der Waals surface area contributed by atoms with Crippen LogP contribution in [0.5, 0.6) is 0 Å². The number of carbonyl (C=O) groups excluding carboxylic acids is 1. The van der Waals surface area contributed by atoms with E-state index >= 15 is 0 Å². The molecule has 0 spiro atoms. The molecule has 0 bridgehead atoms. The fourth-order valence-corrected chi connectivity index (χ4v) is 3.94. The maximum Gasteiger partial charge on any atom is 0.503 e. The van der Waals surface area contributed by atoms with Crippen molar-refractivity contribution in [1.29, 1.82) is 0 Å². The van der Waals surface area contributed by atoms with Crippen molar-refractivity contribution in [3.63, 3.8) is 0 Å². The van der Waals surface area contributed by atoms with Gasteiger partial charge in [0.1, 0.15) is 5.60 Å². The minimum Gasteiger partial charge on any atom is -0.444 e. The zero-order chi connectivity index (χ0) is 15.1. The molecule has 0 aliphatic heterocycles. The van der Waals surface area contributed by atoms with Crippen LogP contribution in [0.4, 0.5) is 4.79 Å². The number of amides is 1. The predicted octanol–water partition coefficient (Wildman–Crippen LogP) is 2.17. The number of nitrogens with one attached hydrogen (secondary N) is 1. The minimum atomic E-state index is -2.63. The van der Waals surface area contributed by atoms with Gasteiger partial charge in [-0.15, -0.1) is 0 Å². The van der Waals surface area contributed by atoms with E-state index in [1.165, 1.54) is 0 Å². The molecule has 114 valence electrons. The Hall–Kier alpha value is -0.633. The second-order valence-electron chi connectivity index (χ2n) is 5.33. The first-order valence-electron chi connectivity index (χ1n) is 6.33. The number of hydrogen-bond acceptors (Lipinski definition) is 5. The molecule has 0 aromatic rings. The zero-order valence-corrected chi connectivity index (χ0v) is 14.0. The molecule has 0 fully saturated rings. The van der Waals surface area contributed by atoms with Gasteiger partial charge in [-0.3, -0.25) is 0 Å². The van der Waals surface area contributed by atoms with Crippen molar-refractivity contribution in [3.05, 3.63) is 0 Å². The normalized spacial score (nSPS) is 14.1. The Balaban J connectivity index is 4.16. The highest BCUT2D eigenvalue weighted by Crippen LogP contribution is 2.26. The molecule has 0 radical (unpaired) electrons. The van der Waals surface area contributed by atoms with Crippen LogP contribution in [0.2, 0.25) is 5.54 Å². The summed E-state index contributed by atoms with van der Waals surface area (Å²) >= 11 is 0. The van der Waals surface area contributed by atoms with Crippen LogP contribution in [0, 0.1) is 0 Å². The monoisotopic (exact) mass is 293 g/mol. The predicted molar refractivity (Wildman–Crippen MR) is 75.1 cm³/mol. The summed E-state index contributed by atoms with van der Waals surface area (Å²) in [6.07, 6.45) is 0.278. The average Bonchev–Trinajstić information content (AvgIpc) is 2.29. The van der Waals surface area contributed by atoms with Gasteiger partial charge in [0.2, 0.25) is 0 Å². The molecule has 0 aromatic carbocycles. The maximum absolute atomic E-state index is 11.5. The lowest BCUT2D eigenvalue weighted by molar-refractivity contribution is 0.0523. The molecular formula is C12H27NO5Si. The van der Waals surface area contributed by atoms with Crippen molar-refractivity contribution in [2.45, 2.75) is 45.3 Å². The van der Waals surface area contributed by atoms with Crippen LogP contribution >= 0.6 is 0 Å². The molecule has 0 aliphatic carbocycles. The maximum atomic E-state index is 11.5. The van der Waals surface area contributed by atoms with Gasteiger partial charge < -0.3 is 23.3 Å². The van der Waals surface area contributed by atoms with E-state index in [2.05, 4.69) is 5.32 Å². The third-order valence-electron chi connectivity index (χ3n) is 2.70. The van der Waals surface area contributed by atoms with E-state index in [1.54, 1.807) is 21.3 Å². The molecule has 0 saturated carbocycles. The van der Waals surface area contributed by atoms with Gasteiger partial charge in [0.25, 0.3) is 0 Å². The van der Waals surface area contributed by atoms with E-state index in [1.807, 2.05) is 27.7 Å². The Labute approximate surface area is 117 Å². The summed E-state index contributed by atoms with van der Waals surface area (Å²) in [5.41, 5.74) is -0.401. The van der Waals surface area contributed by atoms with Gasteiger partial charge in [-0.1, -0.05) is 6.92 Å². The summed E-state index contributed by atoms with van der Waals surface area (Å²) in [4.78, 5) is 11.5. The first-order valence-corrected chi connectivity index (χ1v) is 8.13. The quantitative estimate of drug-likeness (QED) is 0.729. The van der Waals surface area contributed by atoms with Crippen molar-refractivity contribution in [1.82, 2.24) is 5.32 Å². The lowest BCUT2D eigenvalue weighted by Crippen LogP contribution is -2.47. The zero-order valence-electron chi connectivity index (χ0n) is 13.0. The van der Waals surface area contributed by atoms with Gasteiger partial charge in [-0.2, -0.15) is 0 Å². The van der Waals surface area contributed by atoms with Gasteiger partial charge in [-0.05, 0) is 27.2 Å². The van der Waals surface area contributed by atoms with Crippen LogP contribution in [0.3, 0.4) is 0 Å². The molecule has 6 nitrogen and oxygen atoms in total. The second kappa shape index (κ2) is 7.84. The van der Waals surface area contributed by atoms with Crippen molar-refractivity contribution < 1.29 is 22.8 Å². The average molecular weight is 293 g/mol. The van der Waals surface area contributed by atoms with Gasteiger partial charge in [-0.25, -0.2) is 4.79 Å². The summed E-state index contributed by atoms with van der Waals surface area (Å²) < 4.78 is 21.3. The Morgan fingerprint density at radius 3 is 2.00 bits per heavy atom. The van der Waals surface area contributed by atoms with Crippen molar-refractivity contribution in [2.75, 3.05) is 27.9 Å². The molecule has 1 N–H and O–H groups in total. The van der Waals surface area contributed by atoms with Gasteiger partial charge >= 0.3 is 14.9 Å². The Morgan fingerprint density at radius 1 is 1.16 bits per heavy atom. The van der Waals surface area contributed by atoms with Gasteiger partial charge in [0.05, 0.1) is 0 Å². The molecular weight excluding hydrogens is 266 g/mol. The summed E-state index contributed by atoms with van der Waals surface area (Å²) in [6, 6.07) is 0. The highest BCUT2D eigenvalue weighted by Gasteiger charge is 2.44. The van der Waals surface area contributed by atoms with Crippen molar-refractivity contribution >= 4 is 14.9 Å². The van der Waals surface area contributed by atoms with Crippen LogP contribution in [-0.2, 0) is 18.0 Å². The van der Waals surface area contributed by atoms with Crippen molar-refractivity contribution in [3.8, 4) is 0 Å². The van der Waals surface area contributed by atoms with E-state index in [0.29, 0.717) is 13.0 Å². The smallest absolute Gasteiger partial charge is 0.444 e. The summed E-state index contributed by atoms with van der Waals surface area (Å²) in [5, 5.41) is 2.71. The van der Waals surface area contributed by atoms with Crippen LogP contribution in [-0.4, -0.2) is 48.4 Å². The largest absolute Gasteiger partial charge is 0.503 e. The number of hydrogen-bond donors (Lipinski definition) is 1. The fraction of sp³-hybridized carbons (Fsp3) is 0.917. The van der Waals surface area contributed by atoms with Crippen LogP contribution in [0.25, 0.3) is 0 Å². The van der Waals surface area contributed by atoms with Gasteiger partial charge in [0.15, 0.2) is 0 Å². The lowest BCUT2D eigenvalue weighted by atomic mass is 10.2. The molecule has 1 amide bonds. The van der Waals surface area contributed by atoms with Crippen LogP contribution in [0.1, 0.15) is 34.1 Å². The first kappa shape index (κ1) is 18.4. The Kier molecular flexibility index (Phi) is 7.57. The summed E-state index contributed by atoms with van der Waals surface area (Å²) in [5.74, 6) is 0. The third-order valence-corrected chi connectivity index (χ3v) is 5.91. The lowest BCUT2D eigenvalue weighted by Gasteiger charge is -2.30. The van der Waals surface area contributed by atoms with Gasteiger partial charge in [0, 0.05) is 33.4 Å². The molecule has 7 heteroatoms. The molecule has 0 aliphatic rings. The molecule has 1 unspecified atom stereocenters. The number of rotatable bonds is 7. The minimum absolute atomic E-state index is 0.0856. The SMILES string of the molecule is CO[Si](OC)(OC)C(C)CCNC(=O)OC(C)(C)C. The van der Waals surface area contributed by atoms with Crippen LogP contribution in [0.15, 0.2) is 0 Å². The van der Waals surface area contributed by atoms with E-state index in [0.717, 1.165) is 0 Å². The first-order chi connectivity index (χ1) is 8.70. The summed E-state index contributed by atoms with van der Waals surface area (Å²) in [7, 11) is 2.11. The fourth-order valence-electron chi connectivity index (χ4n) is 1.74. The Morgan fingerprint density at radius 2 is 1.63 bits per heavy atom. The summed E-state index contributed by atoms with van der Waals surface area (Å²) in [6.45, 7) is 7.95. The van der Waals surface area contributed by atoms with Crippen molar-refractivity contribution in [2.24, 2.45) is 0 Å². The van der Waals surface area contributed by atoms with E-state index < -0.39 is 20.5 Å². The Bertz CT molecular complexity index is 268. The van der Waals surface area contributed by atoms with Crippen LogP contribution < -0.4 is 5.32 Å². The number of carbonyl (C=O) groups is 1. The highest BCUT2D eigenvalue weighted by molar-refractivity contribution is 6.62.